The molecular formula is C8H14N2O3S. The summed E-state index contributed by atoms with van der Waals surface area (Å²) in [4.78, 5) is 21.9. The van der Waals surface area contributed by atoms with Crippen LogP contribution in [-0.2, 0) is 9.59 Å². The van der Waals surface area contributed by atoms with Crippen LogP contribution in [0.3, 0.4) is 0 Å². The zero-order valence-electron chi connectivity index (χ0n) is 7.95. The van der Waals surface area contributed by atoms with Crippen LogP contribution in [0.5, 0.6) is 0 Å². The van der Waals surface area contributed by atoms with Crippen molar-refractivity contribution in [1.29, 1.82) is 0 Å². The van der Waals surface area contributed by atoms with Crippen LogP contribution in [0.1, 0.15) is 6.92 Å². The Labute approximate surface area is 86.6 Å². The molecule has 80 valence electrons. The number of carboxylic acid groups (broad SMARTS) is 1. The predicted octanol–water partition coefficient (Wildman–Crippen LogP) is -0.719. The van der Waals surface area contributed by atoms with Gasteiger partial charge in [0.1, 0.15) is 6.04 Å². The number of thioether (sulfide) groups is 1. The molecular weight excluding hydrogens is 204 g/mol. The van der Waals surface area contributed by atoms with Gasteiger partial charge in [0.25, 0.3) is 0 Å². The number of hydrogen-bond donors (Lipinski definition) is 3. The van der Waals surface area contributed by atoms with Crippen molar-refractivity contribution >= 4 is 23.6 Å². The molecule has 0 aromatic rings. The Morgan fingerprint density at radius 2 is 2.36 bits per heavy atom. The fourth-order valence-electron chi connectivity index (χ4n) is 1.11. The van der Waals surface area contributed by atoms with E-state index in [0.29, 0.717) is 5.75 Å². The molecule has 1 heterocycles. The summed E-state index contributed by atoms with van der Waals surface area (Å²) in [5.74, 6) is 0.463. The second-order valence-corrected chi connectivity index (χ2v) is 4.30. The first-order valence-electron chi connectivity index (χ1n) is 4.45. The fourth-order valence-corrected chi connectivity index (χ4v) is 2.04. The zero-order valence-corrected chi connectivity index (χ0v) is 8.76. The van der Waals surface area contributed by atoms with Gasteiger partial charge < -0.3 is 15.7 Å². The van der Waals surface area contributed by atoms with Crippen molar-refractivity contribution in [3.05, 3.63) is 0 Å². The average Bonchev–Trinajstić information content (AvgIpc) is 2.19. The van der Waals surface area contributed by atoms with Crippen molar-refractivity contribution in [1.82, 2.24) is 10.6 Å². The standard InChI is InChI=1S/C8H14N2O3S/c1-5(8(12)13)10-7(11)6-4-14-3-2-9-6/h5-6,9H,2-4H2,1H3,(H,10,11)(H,12,13)/t5-,6?/m1/s1. The van der Waals surface area contributed by atoms with Gasteiger partial charge in [-0.15, -0.1) is 0 Å². The van der Waals surface area contributed by atoms with Gasteiger partial charge in [0.15, 0.2) is 0 Å². The molecule has 1 saturated heterocycles. The van der Waals surface area contributed by atoms with Crippen LogP contribution in [0.25, 0.3) is 0 Å². The third kappa shape index (κ3) is 3.19. The predicted molar refractivity (Wildman–Crippen MR) is 54.4 cm³/mol. The Bertz CT molecular complexity index is 229. The first-order valence-corrected chi connectivity index (χ1v) is 5.61. The lowest BCUT2D eigenvalue weighted by Gasteiger charge is -2.23. The van der Waals surface area contributed by atoms with Crippen LogP contribution in [0.4, 0.5) is 0 Å². The molecule has 1 unspecified atom stereocenters. The van der Waals surface area contributed by atoms with E-state index in [4.69, 9.17) is 5.11 Å². The summed E-state index contributed by atoms with van der Waals surface area (Å²) in [7, 11) is 0. The summed E-state index contributed by atoms with van der Waals surface area (Å²) >= 11 is 1.70. The SMILES string of the molecule is C[C@@H](NC(=O)C1CSCCN1)C(=O)O. The summed E-state index contributed by atoms with van der Waals surface area (Å²) in [6.45, 7) is 2.25. The lowest BCUT2D eigenvalue weighted by molar-refractivity contribution is -0.141. The van der Waals surface area contributed by atoms with Gasteiger partial charge in [-0.05, 0) is 6.92 Å². The minimum Gasteiger partial charge on any atom is -0.480 e. The molecule has 1 fully saturated rings. The van der Waals surface area contributed by atoms with Gasteiger partial charge >= 0.3 is 5.97 Å². The number of carboxylic acids is 1. The van der Waals surface area contributed by atoms with Gasteiger partial charge in [-0.3, -0.25) is 9.59 Å². The number of amides is 1. The molecule has 2 atom stereocenters. The molecule has 5 nitrogen and oxygen atoms in total. The largest absolute Gasteiger partial charge is 0.480 e. The van der Waals surface area contributed by atoms with Crippen LogP contribution < -0.4 is 10.6 Å². The fraction of sp³-hybridized carbons (Fsp3) is 0.750. The monoisotopic (exact) mass is 218 g/mol. The van der Waals surface area contributed by atoms with Gasteiger partial charge in [0, 0.05) is 18.1 Å². The van der Waals surface area contributed by atoms with Crippen molar-refractivity contribution in [3.63, 3.8) is 0 Å². The Hall–Kier alpha value is -0.750. The van der Waals surface area contributed by atoms with Gasteiger partial charge in [-0.1, -0.05) is 0 Å². The minimum atomic E-state index is -1.01. The number of carbonyl (C=O) groups is 2. The van der Waals surface area contributed by atoms with Crippen molar-refractivity contribution in [2.24, 2.45) is 0 Å². The van der Waals surface area contributed by atoms with Crippen LogP contribution in [0.2, 0.25) is 0 Å². The number of carbonyl (C=O) groups excluding carboxylic acids is 1. The van der Waals surface area contributed by atoms with Crippen molar-refractivity contribution in [3.8, 4) is 0 Å². The third-order valence-electron chi connectivity index (χ3n) is 1.97. The van der Waals surface area contributed by atoms with Crippen molar-refractivity contribution in [2.75, 3.05) is 18.1 Å². The maximum Gasteiger partial charge on any atom is 0.325 e. The average molecular weight is 218 g/mol. The summed E-state index contributed by atoms with van der Waals surface area (Å²) in [5, 5.41) is 14.1. The Balaban J connectivity index is 2.36. The number of aliphatic carboxylic acids is 1. The van der Waals surface area contributed by atoms with Crippen molar-refractivity contribution in [2.45, 2.75) is 19.0 Å². The molecule has 6 heteroatoms. The van der Waals surface area contributed by atoms with Crippen LogP contribution in [-0.4, -0.2) is 47.1 Å². The van der Waals surface area contributed by atoms with Crippen LogP contribution >= 0.6 is 11.8 Å². The molecule has 1 aliphatic rings. The highest BCUT2D eigenvalue weighted by molar-refractivity contribution is 7.99. The van der Waals surface area contributed by atoms with E-state index in [-0.39, 0.29) is 11.9 Å². The van der Waals surface area contributed by atoms with Gasteiger partial charge in [-0.25, -0.2) is 0 Å². The number of nitrogens with one attached hydrogen (secondary N) is 2. The molecule has 0 aliphatic carbocycles. The van der Waals surface area contributed by atoms with E-state index in [1.807, 2.05) is 0 Å². The van der Waals surface area contributed by atoms with Crippen molar-refractivity contribution < 1.29 is 14.7 Å². The molecule has 0 spiro atoms. The third-order valence-corrected chi connectivity index (χ3v) is 3.03. The van der Waals surface area contributed by atoms with E-state index in [1.165, 1.54) is 6.92 Å². The van der Waals surface area contributed by atoms with Gasteiger partial charge in [0.2, 0.25) is 5.91 Å². The highest BCUT2D eigenvalue weighted by Crippen LogP contribution is 2.07. The Morgan fingerprint density at radius 3 is 2.86 bits per heavy atom. The lowest BCUT2D eigenvalue weighted by atomic mass is 10.2. The van der Waals surface area contributed by atoms with Gasteiger partial charge in [0.05, 0.1) is 6.04 Å². The van der Waals surface area contributed by atoms with E-state index in [0.717, 1.165) is 12.3 Å². The summed E-state index contributed by atoms with van der Waals surface area (Å²) < 4.78 is 0. The molecule has 14 heavy (non-hydrogen) atoms. The van der Waals surface area contributed by atoms with E-state index in [9.17, 15) is 9.59 Å². The molecule has 1 amide bonds. The smallest absolute Gasteiger partial charge is 0.325 e. The van der Waals surface area contributed by atoms with E-state index in [1.54, 1.807) is 11.8 Å². The molecule has 1 aliphatic heterocycles. The maximum atomic E-state index is 11.5. The molecule has 0 bridgehead atoms. The molecule has 1 rings (SSSR count). The second kappa shape index (κ2) is 5.21. The summed E-state index contributed by atoms with van der Waals surface area (Å²) in [5.41, 5.74) is 0. The van der Waals surface area contributed by atoms with Gasteiger partial charge in [-0.2, -0.15) is 11.8 Å². The number of rotatable bonds is 3. The first-order chi connectivity index (χ1) is 6.61. The van der Waals surface area contributed by atoms with Crippen LogP contribution in [0.15, 0.2) is 0 Å². The summed E-state index contributed by atoms with van der Waals surface area (Å²) in [6.07, 6.45) is 0. The zero-order chi connectivity index (χ0) is 10.6. The second-order valence-electron chi connectivity index (χ2n) is 3.15. The van der Waals surface area contributed by atoms with E-state index in [2.05, 4.69) is 10.6 Å². The highest BCUT2D eigenvalue weighted by Gasteiger charge is 2.23. The molecule has 0 aromatic heterocycles. The molecule has 0 radical (unpaired) electrons. The Morgan fingerprint density at radius 1 is 1.64 bits per heavy atom. The minimum absolute atomic E-state index is 0.230. The van der Waals surface area contributed by atoms with Crippen LogP contribution in [0, 0.1) is 0 Å². The molecule has 0 saturated carbocycles. The molecule has 0 aromatic carbocycles. The topological polar surface area (TPSA) is 78.4 Å². The summed E-state index contributed by atoms with van der Waals surface area (Å²) in [6, 6.07) is -1.08. The maximum absolute atomic E-state index is 11.5. The molecule has 3 N–H and O–H groups in total. The van der Waals surface area contributed by atoms with E-state index < -0.39 is 12.0 Å². The number of hydrogen-bond acceptors (Lipinski definition) is 4. The van der Waals surface area contributed by atoms with E-state index >= 15 is 0 Å². The first kappa shape index (κ1) is 11.3. The quantitative estimate of drug-likeness (QED) is 0.583. The Kier molecular flexibility index (Phi) is 4.21. The normalized spacial score (nSPS) is 23.9. The highest BCUT2D eigenvalue weighted by atomic mass is 32.2. The lowest BCUT2D eigenvalue weighted by Crippen LogP contribution is -2.52.